The van der Waals surface area contributed by atoms with Crippen molar-refractivity contribution in [2.75, 3.05) is 38.7 Å². The topological polar surface area (TPSA) is 482 Å². The third-order valence-corrected chi connectivity index (χ3v) is 21.6. The van der Waals surface area contributed by atoms with Gasteiger partial charge in [-0.05, 0) is 119 Å². The van der Waals surface area contributed by atoms with Crippen molar-refractivity contribution in [2.24, 2.45) is 91.7 Å². The van der Waals surface area contributed by atoms with Crippen molar-refractivity contribution in [3.05, 3.63) is 71.9 Å². The fraction of sp³-hybridized carbons (Fsp3) is 0.671. The minimum Gasteiger partial charge on any atom is -0.481 e. The van der Waals surface area contributed by atoms with Gasteiger partial charge in [0.05, 0.1) is 36.5 Å². The summed E-state index contributed by atoms with van der Waals surface area (Å²) in [6.07, 6.45) is 23.1. The van der Waals surface area contributed by atoms with Crippen molar-refractivity contribution in [3.8, 4) is 0 Å². The first-order valence-corrected chi connectivity index (χ1v) is 42.7. The van der Waals surface area contributed by atoms with E-state index in [1.807, 2.05) is 102 Å². The van der Waals surface area contributed by atoms with Crippen LogP contribution in [0.2, 0.25) is 0 Å². The van der Waals surface area contributed by atoms with Crippen LogP contribution in [0.5, 0.6) is 0 Å². The van der Waals surface area contributed by atoms with E-state index in [1.54, 1.807) is 0 Å². The Hall–Kier alpha value is -8.53. The number of ketones is 5. The molecule has 0 spiro atoms. The maximum atomic E-state index is 14.6. The lowest BCUT2D eigenvalue weighted by Crippen LogP contribution is -2.49. The van der Waals surface area contributed by atoms with Crippen LogP contribution in [0.4, 0.5) is 0 Å². The number of H-pyrrole nitrogens is 1. The Balaban J connectivity index is 0.000000783. The zero-order valence-corrected chi connectivity index (χ0v) is 70.1. The van der Waals surface area contributed by atoms with Crippen LogP contribution in [-0.2, 0) is 70.4 Å². The number of aliphatic imine (C=N–C) groups is 2. The number of para-hydroxylation sites is 1. The molecule has 0 unspecified atom stereocenters. The molecule has 2 aromatic carbocycles. The van der Waals surface area contributed by atoms with Crippen LogP contribution in [-0.4, -0.2) is 155 Å². The predicted octanol–water partition coefficient (Wildman–Crippen LogP) is 9.68. The van der Waals surface area contributed by atoms with Gasteiger partial charge in [-0.25, -0.2) is 0 Å². The van der Waals surface area contributed by atoms with Crippen LogP contribution in [0, 0.1) is 47.3 Å². The van der Waals surface area contributed by atoms with Gasteiger partial charge in [-0.3, -0.25) is 67.5 Å². The maximum Gasteiger partial charge on any atom is 0.304 e. The van der Waals surface area contributed by atoms with Crippen molar-refractivity contribution in [3.63, 3.8) is 0 Å². The van der Waals surface area contributed by atoms with E-state index in [-0.39, 0.29) is 117 Å². The Kier molecular flexibility index (Phi) is 51.9. The van der Waals surface area contributed by atoms with E-state index in [1.165, 1.54) is 83.5 Å². The number of nitrogens with zero attached hydrogens (tertiary/aromatic N) is 2. The second kappa shape index (κ2) is 58.3. The van der Waals surface area contributed by atoms with Gasteiger partial charge in [0, 0.05) is 112 Å². The summed E-state index contributed by atoms with van der Waals surface area (Å²) in [5.74, 6) is -9.65. The number of unbranched alkanes of at least 4 members (excludes halogenated alkanes) is 13. The third-order valence-electron chi connectivity index (χ3n) is 20.9. The molecule has 3 aromatic rings. The number of carbonyl (C=O) groups is 12. The van der Waals surface area contributed by atoms with Crippen LogP contribution >= 0.6 is 11.8 Å². The van der Waals surface area contributed by atoms with Gasteiger partial charge in [-0.1, -0.05) is 180 Å². The van der Waals surface area contributed by atoms with E-state index < -0.39 is 108 Å². The molecule has 6 amide bonds. The quantitative estimate of drug-likeness (QED) is 0.0142. The molecule has 0 aliphatic rings. The number of aliphatic carboxylic acids is 1. The Labute approximate surface area is 676 Å². The zero-order valence-electron chi connectivity index (χ0n) is 69.3. The molecule has 3 rings (SSSR count). The number of Topliss-reactive ketones (excluding diaryl/α,β-unsaturated/α-hetero) is 5. The number of benzene rings is 2. The predicted molar refractivity (Wildman–Crippen MR) is 451 cm³/mol. The second-order valence-corrected chi connectivity index (χ2v) is 31.9. The number of fused-ring (bicyclic) bond motifs is 1. The second-order valence-electron chi connectivity index (χ2n) is 31.0. The Morgan fingerprint density at radius 1 is 0.504 bits per heavy atom. The summed E-state index contributed by atoms with van der Waals surface area (Å²) in [7, 11) is 1.49. The number of nitrogens with two attached hydrogens (primary N) is 6. The maximum absolute atomic E-state index is 14.6. The molecule has 0 aliphatic heterocycles. The number of carboxylic acid groups (broad SMARTS) is 1. The van der Waals surface area contributed by atoms with Crippen LogP contribution in [0.25, 0.3) is 10.9 Å². The number of thioether (sulfide) groups is 1. The fourth-order valence-electron chi connectivity index (χ4n) is 13.8. The van der Waals surface area contributed by atoms with Crippen LogP contribution in [0.3, 0.4) is 0 Å². The Morgan fingerprint density at radius 3 is 1.56 bits per heavy atom. The van der Waals surface area contributed by atoms with E-state index in [4.69, 9.17) is 34.4 Å². The first kappa shape index (κ1) is 101. The van der Waals surface area contributed by atoms with Crippen molar-refractivity contribution in [1.82, 2.24) is 31.6 Å². The average molecular weight is 1600 g/mol. The summed E-state index contributed by atoms with van der Waals surface area (Å²) in [4.78, 5) is 171. The molecule has 0 saturated heterocycles. The summed E-state index contributed by atoms with van der Waals surface area (Å²) in [5, 5.41) is 24.3. The molecule has 634 valence electrons. The molecule has 1 aromatic heterocycles. The molecule has 19 N–H and O–H groups in total. The zero-order chi connectivity index (χ0) is 84.2. The SMILES string of the molecule is CCCCCCCCCCCCCCCC(=O)N[C@@H](C)C(=O)C[C@@H](CC(=O)O)C(=O)N[C@@H](CCCN=C(N)N)C(=O)C[C@@H](CC(C)C)C(=O)NC.CC[C@H](C)[C@H](CC(=O)[C@H](Cc1ccccc1)NC(=O)[C@H](CCSC)CC(=O)[C@H](Cc1c[nH]c2ccccc12)NC(=O)[C@H](CCCCN)CC(=O)[C@@H](C)CCCN=C(N)N)C(N)=O. The highest BCUT2D eigenvalue weighted by molar-refractivity contribution is 7.98. The standard InChI is InChI=1S/C47H70N8O6S.C38H70N6O7/c1-5-30(2)37(44(49)59)28-43(58)39(24-32-15-7-6-8-16-32)54-46(61)34(20-23-62-4)27-42(57)40(25-35-29-53-38-19-10-9-18-36(35)38)55-45(60)33(17-11-12-21-48)26-41(56)31(3)14-13-22-52-47(50)51;1-6-7-8-9-10-11-12-13-14-15-16-17-18-21-34(47)43-28(4)32(45)24-30(26-35(48)49)37(51)44-31(20-19-22-42-38(39)40)33(46)25-29(23-27(2)3)36(50)41-5/h6-10,15-16,18-19,29-31,33-34,37,39-40,53H,5,11-14,17,20-28,48H2,1-4H3,(H2,49,59)(H,54,61)(H,55,60)(H4,50,51,52);27-31H,6-26H2,1-5H3,(H,41,50)(H,43,47)(H,44,51)(H,48,49)(H4,39,40,42)/t30-,31-,33+,34+,37-,39-,40-;28-,29+,30-,31-/m00/s1. The molecule has 1 heterocycles. The summed E-state index contributed by atoms with van der Waals surface area (Å²) in [6, 6.07) is 13.0. The number of aromatic amines is 1. The number of carbonyl (C=O) groups excluding carboxylic acids is 11. The summed E-state index contributed by atoms with van der Waals surface area (Å²) in [6.45, 7) is 14.3. The molecular weight excluding hydrogens is 1460 g/mol. The van der Waals surface area contributed by atoms with Crippen molar-refractivity contribution >= 4 is 105 Å². The largest absolute Gasteiger partial charge is 0.481 e. The number of guanidine groups is 2. The number of hydrogen-bond acceptors (Lipinski definition) is 16. The molecule has 0 aliphatic carbocycles. The average Bonchev–Trinajstić information content (AvgIpc) is 1.71. The lowest BCUT2D eigenvalue weighted by molar-refractivity contribution is -0.142. The van der Waals surface area contributed by atoms with Crippen molar-refractivity contribution < 1.29 is 62.6 Å². The van der Waals surface area contributed by atoms with Gasteiger partial charge < -0.3 is 71.1 Å². The summed E-state index contributed by atoms with van der Waals surface area (Å²) < 4.78 is 0. The van der Waals surface area contributed by atoms with Gasteiger partial charge in [-0.2, -0.15) is 11.8 Å². The number of carboxylic acids is 1. The first-order chi connectivity index (χ1) is 53.9. The van der Waals surface area contributed by atoms with Crippen LogP contribution in [0.1, 0.15) is 252 Å². The molecular formula is C85H140N14O13S. The first-order valence-electron chi connectivity index (χ1n) is 41.3. The molecule has 113 heavy (non-hydrogen) atoms. The Bertz CT molecular complexity index is 3430. The molecule has 0 bridgehead atoms. The molecule has 28 heteroatoms. The lowest BCUT2D eigenvalue weighted by Gasteiger charge is -2.26. The van der Waals surface area contributed by atoms with E-state index in [9.17, 15) is 62.6 Å². The smallest absolute Gasteiger partial charge is 0.304 e. The Morgan fingerprint density at radius 2 is 1.01 bits per heavy atom. The fourth-order valence-corrected chi connectivity index (χ4v) is 14.4. The molecule has 27 nitrogen and oxygen atoms in total. The van der Waals surface area contributed by atoms with Crippen LogP contribution < -0.4 is 61.0 Å². The summed E-state index contributed by atoms with van der Waals surface area (Å²) in [5.41, 5.74) is 35.7. The van der Waals surface area contributed by atoms with Gasteiger partial charge >= 0.3 is 5.97 Å². The van der Waals surface area contributed by atoms with Gasteiger partial charge in [0.2, 0.25) is 35.4 Å². The third kappa shape index (κ3) is 43.0. The highest BCUT2D eigenvalue weighted by Crippen LogP contribution is 2.27. The molecule has 0 fully saturated rings. The number of nitrogens with one attached hydrogen (secondary N) is 6. The van der Waals surface area contributed by atoms with Gasteiger partial charge in [0.25, 0.3) is 0 Å². The minimum atomic E-state index is -1.28. The highest BCUT2D eigenvalue weighted by atomic mass is 32.2. The van der Waals surface area contributed by atoms with Crippen LogP contribution in [0.15, 0.2) is 70.8 Å². The summed E-state index contributed by atoms with van der Waals surface area (Å²) >= 11 is 1.53. The number of primary amides is 1. The highest BCUT2D eigenvalue weighted by Gasteiger charge is 2.37. The van der Waals surface area contributed by atoms with E-state index in [0.29, 0.717) is 83.1 Å². The van der Waals surface area contributed by atoms with E-state index in [2.05, 4.69) is 48.5 Å². The van der Waals surface area contributed by atoms with Gasteiger partial charge in [-0.15, -0.1) is 0 Å². The normalized spacial score (nSPS) is 14.2. The lowest BCUT2D eigenvalue weighted by atomic mass is 9.84. The molecule has 11 atom stereocenters. The molecule has 0 radical (unpaired) electrons. The van der Waals surface area contributed by atoms with Crippen molar-refractivity contribution in [1.29, 1.82) is 0 Å². The van der Waals surface area contributed by atoms with Gasteiger partial charge in [0.1, 0.15) is 5.78 Å². The monoisotopic (exact) mass is 1600 g/mol. The van der Waals surface area contributed by atoms with Crippen molar-refractivity contribution in [2.45, 2.75) is 278 Å². The number of rotatable bonds is 63. The molecule has 0 saturated carbocycles. The van der Waals surface area contributed by atoms with Gasteiger partial charge in [0.15, 0.2) is 35.1 Å². The number of aromatic nitrogens is 1. The van der Waals surface area contributed by atoms with E-state index >= 15 is 0 Å². The number of hydrogen-bond donors (Lipinski definition) is 13. The minimum absolute atomic E-state index is 0.00288. The van der Waals surface area contributed by atoms with E-state index in [0.717, 1.165) is 41.3 Å². The number of amides is 6.